The molecular formula is C22H21F2N3O4. The zero-order chi connectivity index (χ0) is 22.5. The van der Waals surface area contributed by atoms with Gasteiger partial charge in [0.1, 0.15) is 5.52 Å². The molecule has 0 fully saturated rings. The molecule has 9 heteroatoms. The minimum absolute atomic E-state index is 0.00689. The average Bonchev–Trinajstić information content (AvgIpc) is 3.29. The van der Waals surface area contributed by atoms with Gasteiger partial charge in [0.05, 0.1) is 30.1 Å². The number of rotatable bonds is 6. The van der Waals surface area contributed by atoms with Crippen LogP contribution in [0.25, 0.3) is 27.5 Å². The van der Waals surface area contributed by atoms with Crippen LogP contribution in [0, 0.1) is 11.6 Å². The summed E-state index contributed by atoms with van der Waals surface area (Å²) in [7, 11) is 1.33. The number of benzene rings is 2. The first-order valence-electron chi connectivity index (χ1n) is 9.61. The van der Waals surface area contributed by atoms with Gasteiger partial charge in [-0.25, -0.2) is 8.78 Å². The van der Waals surface area contributed by atoms with Crippen LogP contribution in [0.15, 0.2) is 30.5 Å². The summed E-state index contributed by atoms with van der Waals surface area (Å²) >= 11 is 0. The molecule has 0 atom stereocenters. The number of aliphatic carboxylic acids is 1. The molecule has 3 N–H and O–H groups in total. The Balaban J connectivity index is 2.17. The highest BCUT2D eigenvalue weighted by atomic mass is 19.1. The normalized spacial score (nSPS) is 12.1. The number of aliphatic hydroxyl groups is 1. The fourth-order valence-corrected chi connectivity index (χ4v) is 4.05. The maximum atomic E-state index is 15.6. The van der Waals surface area contributed by atoms with E-state index in [9.17, 15) is 19.4 Å². The summed E-state index contributed by atoms with van der Waals surface area (Å²) in [6, 6.07) is 5.86. The van der Waals surface area contributed by atoms with Crippen LogP contribution in [-0.4, -0.2) is 38.1 Å². The predicted molar refractivity (Wildman–Crippen MR) is 111 cm³/mol. The smallest absolute Gasteiger partial charge is 0.303 e. The number of aryl methyl sites for hydroxylation is 1. The van der Waals surface area contributed by atoms with Crippen molar-refractivity contribution in [2.75, 3.05) is 7.11 Å². The van der Waals surface area contributed by atoms with Crippen LogP contribution in [0.2, 0.25) is 0 Å². The molecule has 0 amide bonds. The lowest BCUT2D eigenvalue weighted by atomic mass is 9.95. The van der Waals surface area contributed by atoms with Gasteiger partial charge in [-0.2, -0.15) is 5.10 Å². The third kappa shape index (κ3) is 3.40. The van der Waals surface area contributed by atoms with E-state index in [0.29, 0.717) is 27.8 Å². The molecule has 0 spiro atoms. The highest BCUT2D eigenvalue weighted by Crippen LogP contribution is 2.40. The first-order valence-corrected chi connectivity index (χ1v) is 9.61. The Morgan fingerprint density at radius 1 is 1.29 bits per heavy atom. The zero-order valence-corrected chi connectivity index (χ0v) is 17.2. The molecule has 4 rings (SSSR count). The van der Waals surface area contributed by atoms with Crippen LogP contribution in [0.4, 0.5) is 8.78 Å². The number of nitrogens with zero attached hydrogens (tertiary/aromatic N) is 2. The molecule has 2 heterocycles. The minimum atomic E-state index is -1.47. The Hall–Kier alpha value is -3.46. The molecule has 0 saturated carbocycles. The van der Waals surface area contributed by atoms with Gasteiger partial charge in [0.25, 0.3) is 0 Å². The van der Waals surface area contributed by atoms with Gasteiger partial charge in [0, 0.05) is 28.9 Å². The lowest BCUT2D eigenvalue weighted by Crippen LogP contribution is -2.22. The van der Waals surface area contributed by atoms with Crippen molar-refractivity contribution in [2.24, 2.45) is 0 Å². The van der Waals surface area contributed by atoms with Crippen LogP contribution in [0.1, 0.15) is 31.5 Å². The Bertz CT molecular complexity index is 1320. The molecule has 0 aliphatic carbocycles. The average molecular weight is 429 g/mol. The van der Waals surface area contributed by atoms with E-state index in [1.54, 1.807) is 10.6 Å². The highest BCUT2D eigenvalue weighted by Gasteiger charge is 2.31. The number of ether oxygens (including phenoxy) is 1. The van der Waals surface area contributed by atoms with Crippen molar-refractivity contribution >= 4 is 27.8 Å². The summed E-state index contributed by atoms with van der Waals surface area (Å²) in [5, 5.41) is 27.5. The molecule has 0 radical (unpaired) electrons. The molecule has 162 valence electrons. The first-order chi connectivity index (χ1) is 14.6. The topological polar surface area (TPSA) is 100 Å². The Labute approximate surface area is 175 Å². The van der Waals surface area contributed by atoms with Crippen molar-refractivity contribution in [3.05, 3.63) is 53.4 Å². The second kappa shape index (κ2) is 7.35. The molecule has 0 saturated heterocycles. The van der Waals surface area contributed by atoms with E-state index in [1.165, 1.54) is 45.4 Å². The van der Waals surface area contributed by atoms with E-state index in [0.717, 1.165) is 0 Å². The summed E-state index contributed by atoms with van der Waals surface area (Å²) in [6.07, 6.45) is 1.21. The summed E-state index contributed by atoms with van der Waals surface area (Å²) in [6.45, 7) is 3.07. The quantitative estimate of drug-likeness (QED) is 0.430. The molecule has 4 aromatic rings. The van der Waals surface area contributed by atoms with E-state index in [2.05, 4.69) is 10.2 Å². The summed E-state index contributed by atoms with van der Waals surface area (Å²) in [5.41, 5.74) is 0.230. The van der Waals surface area contributed by atoms with Crippen LogP contribution in [0.3, 0.4) is 0 Å². The lowest BCUT2D eigenvalue weighted by molar-refractivity contribution is -0.136. The molecular weight excluding hydrogens is 408 g/mol. The highest BCUT2D eigenvalue weighted by molar-refractivity contribution is 5.99. The summed E-state index contributed by atoms with van der Waals surface area (Å²) in [4.78, 5) is 11.3. The Morgan fingerprint density at radius 3 is 2.68 bits per heavy atom. The number of halogens is 2. The predicted octanol–water partition coefficient (Wildman–Crippen LogP) is 4.04. The molecule has 0 aliphatic rings. The molecule has 0 aliphatic heterocycles. The standard InChI is InChI=1S/C22H21F2N3O4/c1-22(2,30)21-13(5-7-17(28)29)18-15(8-11-10-25-26-20(11)19(18)24)27(21)12-4-6-14(23)16(9-12)31-3/h4,6,8-10,30H,5,7H2,1-3H3,(H,25,26)(H,28,29). The van der Waals surface area contributed by atoms with Crippen molar-refractivity contribution < 1.29 is 28.5 Å². The third-order valence-corrected chi connectivity index (χ3v) is 5.27. The van der Waals surface area contributed by atoms with Gasteiger partial charge in [-0.05, 0) is 44.0 Å². The minimum Gasteiger partial charge on any atom is -0.494 e. The van der Waals surface area contributed by atoms with Crippen LogP contribution in [0.5, 0.6) is 5.75 Å². The van der Waals surface area contributed by atoms with E-state index >= 15 is 4.39 Å². The number of aromatic nitrogens is 3. The fraction of sp³-hybridized carbons (Fsp3) is 0.273. The van der Waals surface area contributed by atoms with Crippen molar-refractivity contribution in [3.63, 3.8) is 0 Å². The number of carbonyl (C=O) groups is 1. The molecule has 2 aromatic carbocycles. The Morgan fingerprint density at radius 2 is 2.03 bits per heavy atom. The van der Waals surface area contributed by atoms with Crippen molar-refractivity contribution in [3.8, 4) is 11.4 Å². The number of hydrogen-bond donors (Lipinski definition) is 3. The second-order valence-electron chi connectivity index (χ2n) is 7.85. The number of H-pyrrole nitrogens is 1. The molecule has 0 unspecified atom stereocenters. The van der Waals surface area contributed by atoms with Gasteiger partial charge in [0.15, 0.2) is 17.4 Å². The third-order valence-electron chi connectivity index (χ3n) is 5.27. The number of fused-ring (bicyclic) bond motifs is 2. The van der Waals surface area contributed by atoms with Gasteiger partial charge < -0.3 is 19.5 Å². The number of methoxy groups -OCH3 is 1. The molecule has 7 nitrogen and oxygen atoms in total. The number of hydrogen-bond acceptors (Lipinski definition) is 4. The van der Waals surface area contributed by atoms with E-state index < -0.39 is 23.2 Å². The van der Waals surface area contributed by atoms with Crippen molar-refractivity contribution in [1.29, 1.82) is 0 Å². The van der Waals surface area contributed by atoms with Gasteiger partial charge in [-0.1, -0.05) is 0 Å². The van der Waals surface area contributed by atoms with Gasteiger partial charge in [-0.3, -0.25) is 9.89 Å². The molecule has 2 aromatic heterocycles. The van der Waals surface area contributed by atoms with E-state index in [-0.39, 0.29) is 29.5 Å². The zero-order valence-electron chi connectivity index (χ0n) is 17.2. The summed E-state index contributed by atoms with van der Waals surface area (Å²) < 4.78 is 36.4. The first kappa shape index (κ1) is 20.8. The van der Waals surface area contributed by atoms with Gasteiger partial charge in [-0.15, -0.1) is 0 Å². The van der Waals surface area contributed by atoms with E-state index in [4.69, 9.17) is 4.74 Å². The van der Waals surface area contributed by atoms with Crippen LogP contribution >= 0.6 is 0 Å². The SMILES string of the molecule is COc1cc(-n2c(C(C)(C)O)c(CCC(=O)O)c3c(F)c4[nH]ncc4cc32)ccc1F. The Kier molecular flexibility index (Phi) is 4.93. The molecule has 0 bridgehead atoms. The largest absolute Gasteiger partial charge is 0.494 e. The maximum Gasteiger partial charge on any atom is 0.303 e. The molecule has 31 heavy (non-hydrogen) atoms. The van der Waals surface area contributed by atoms with E-state index in [1.807, 2.05) is 0 Å². The number of aromatic amines is 1. The number of carboxylic acid groups (broad SMARTS) is 1. The fourth-order valence-electron chi connectivity index (χ4n) is 4.05. The second-order valence-corrected chi connectivity index (χ2v) is 7.85. The lowest BCUT2D eigenvalue weighted by Gasteiger charge is -2.23. The van der Waals surface area contributed by atoms with Crippen LogP contribution in [-0.2, 0) is 16.8 Å². The summed E-state index contributed by atoms with van der Waals surface area (Å²) in [5.74, 6) is -2.22. The van der Waals surface area contributed by atoms with Gasteiger partial charge >= 0.3 is 5.97 Å². The van der Waals surface area contributed by atoms with Crippen molar-refractivity contribution in [2.45, 2.75) is 32.3 Å². The maximum absolute atomic E-state index is 15.6. The number of nitrogens with one attached hydrogen (secondary N) is 1. The van der Waals surface area contributed by atoms with Crippen molar-refractivity contribution in [1.82, 2.24) is 14.8 Å². The van der Waals surface area contributed by atoms with Gasteiger partial charge in [0.2, 0.25) is 0 Å². The number of carboxylic acids is 1. The van der Waals surface area contributed by atoms with Crippen LogP contribution < -0.4 is 4.74 Å². The monoisotopic (exact) mass is 429 g/mol.